The van der Waals surface area contributed by atoms with Crippen molar-refractivity contribution in [1.29, 1.82) is 0 Å². The Hall–Kier alpha value is -3.61. The van der Waals surface area contributed by atoms with Crippen LogP contribution in [0.3, 0.4) is 0 Å². The molecule has 6 heteroatoms. The van der Waals surface area contributed by atoms with Crippen LogP contribution in [0.4, 0.5) is 0 Å². The molecule has 0 unspecified atom stereocenters. The summed E-state index contributed by atoms with van der Waals surface area (Å²) in [5.74, 6) is -0.525. The highest BCUT2D eigenvalue weighted by Crippen LogP contribution is 2.37. The van der Waals surface area contributed by atoms with Crippen molar-refractivity contribution in [3.63, 3.8) is 0 Å². The molecule has 4 N–H and O–H groups in total. The lowest BCUT2D eigenvalue weighted by Gasteiger charge is -2.29. The fourth-order valence-corrected chi connectivity index (χ4v) is 4.94. The molecule has 1 atom stereocenters. The van der Waals surface area contributed by atoms with E-state index in [2.05, 4.69) is 69.6 Å². The quantitative estimate of drug-likeness (QED) is 0.181. The van der Waals surface area contributed by atoms with Crippen molar-refractivity contribution in [3.8, 4) is 0 Å². The van der Waals surface area contributed by atoms with Gasteiger partial charge in [0.1, 0.15) is 0 Å². The molecule has 2 aromatic heterocycles. The van der Waals surface area contributed by atoms with E-state index in [9.17, 15) is 4.79 Å². The minimum absolute atomic E-state index is 0.354. The van der Waals surface area contributed by atoms with Crippen LogP contribution in [-0.4, -0.2) is 32.5 Å². The number of nitrogens with zero attached hydrogens (tertiary/aromatic N) is 1. The maximum Gasteiger partial charge on any atom is 0.267 e. The average molecular weight is 441 g/mol. The molecule has 0 saturated heterocycles. The molecule has 1 amide bonds. The molecular weight excluding hydrogens is 412 g/mol. The van der Waals surface area contributed by atoms with E-state index in [1.807, 2.05) is 12.3 Å². The highest BCUT2D eigenvalue weighted by Gasteiger charge is 2.28. The van der Waals surface area contributed by atoms with Gasteiger partial charge in [0.05, 0.1) is 0 Å². The second-order valence-electron chi connectivity index (χ2n) is 8.60. The molecule has 0 aliphatic heterocycles. The van der Waals surface area contributed by atoms with Crippen LogP contribution in [-0.2, 0) is 24.2 Å². The van der Waals surface area contributed by atoms with Crippen molar-refractivity contribution in [3.05, 3.63) is 101 Å². The first-order valence-electron chi connectivity index (χ1n) is 11.4. The third kappa shape index (κ3) is 4.62. The van der Waals surface area contributed by atoms with Crippen LogP contribution in [0.2, 0.25) is 0 Å². The van der Waals surface area contributed by atoms with Crippen LogP contribution in [0.5, 0.6) is 0 Å². The van der Waals surface area contributed by atoms with Gasteiger partial charge in [0.15, 0.2) is 0 Å². The number of fused-ring (bicyclic) bond motifs is 2. The fraction of sp³-hybridized carbons (Fsp3) is 0.222. The molecule has 2 aromatic carbocycles. The molecule has 0 fully saturated rings. The summed E-state index contributed by atoms with van der Waals surface area (Å²) >= 11 is 0. The molecule has 0 saturated carbocycles. The van der Waals surface area contributed by atoms with Crippen molar-refractivity contribution in [2.75, 3.05) is 6.54 Å². The number of aryl methyl sites for hydroxylation is 1. The number of benzene rings is 2. The van der Waals surface area contributed by atoms with Crippen LogP contribution in [0, 0.1) is 0 Å². The number of carbonyl (C=O) groups excluding carboxylic acids is 1. The van der Waals surface area contributed by atoms with Gasteiger partial charge in [-0.2, -0.15) is 0 Å². The van der Waals surface area contributed by atoms with Gasteiger partial charge in [0, 0.05) is 54.2 Å². The molecule has 168 valence electrons. The number of carbonyl (C=O) groups is 1. The fourth-order valence-electron chi connectivity index (χ4n) is 4.94. The number of amides is 1. The monoisotopic (exact) mass is 440 g/mol. The van der Waals surface area contributed by atoms with E-state index in [0.717, 1.165) is 37.9 Å². The minimum Gasteiger partial charge on any atom is -0.364 e. The Morgan fingerprint density at radius 2 is 2.06 bits per heavy atom. The van der Waals surface area contributed by atoms with Crippen molar-refractivity contribution in [1.82, 2.24) is 20.3 Å². The minimum atomic E-state index is -0.525. The van der Waals surface area contributed by atoms with Crippen molar-refractivity contribution < 1.29 is 10.0 Å². The number of aromatic amines is 2. The Balaban J connectivity index is 1.37. The number of para-hydroxylation sites is 1. The number of hydrogen-bond acceptors (Lipinski definition) is 3. The van der Waals surface area contributed by atoms with Gasteiger partial charge in [0.2, 0.25) is 0 Å². The van der Waals surface area contributed by atoms with Gasteiger partial charge in [-0.25, -0.2) is 5.48 Å². The van der Waals surface area contributed by atoms with Gasteiger partial charge in [0.25, 0.3) is 5.91 Å². The van der Waals surface area contributed by atoms with Gasteiger partial charge >= 0.3 is 0 Å². The molecular formula is C27H28N4O2. The lowest BCUT2D eigenvalue weighted by Crippen LogP contribution is -2.29. The predicted octanol–water partition coefficient (Wildman–Crippen LogP) is 4.75. The number of H-pyrrole nitrogens is 2. The van der Waals surface area contributed by atoms with E-state index in [-0.39, 0.29) is 0 Å². The molecule has 33 heavy (non-hydrogen) atoms. The van der Waals surface area contributed by atoms with Crippen LogP contribution in [0.25, 0.3) is 17.0 Å². The zero-order valence-corrected chi connectivity index (χ0v) is 18.4. The third-order valence-corrected chi connectivity index (χ3v) is 6.57. The Kier molecular flexibility index (Phi) is 6.11. The van der Waals surface area contributed by atoms with Gasteiger partial charge < -0.3 is 9.97 Å². The van der Waals surface area contributed by atoms with Crippen LogP contribution < -0.4 is 5.48 Å². The van der Waals surface area contributed by atoms with E-state index < -0.39 is 5.91 Å². The largest absolute Gasteiger partial charge is 0.364 e. The second kappa shape index (κ2) is 9.48. The first kappa shape index (κ1) is 21.2. The number of aromatic nitrogens is 2. The van der Waals surface area contributed by atoms with Crippen LogP contribution in [0.1, 0.15) is 40.4 Å². The SMILES string of the molecule is O=C(C=Cc1ccc2c(c1)CC[C@@H]2N(CCc1c[nH]c2ccccc12)Cc1ccc[nH]1)NO. The average Bonchev–Trinajstić information content (AvgIpc) is 3.60. The summed E-state index contributed by atoms with van der Waals surface area (Å²) in [5, 5.41) is 9.98. The highest BCUT2D eigenvalue weighted by atomic mass is 16.5. The molecule has 6 nitrogen and oxygen atoms in total. The molecule has 1 aliphatic rings. The van der Waals surface area contributed by atoms with Crippen molar-refractivity contribution in [2.45, 2.75) is 31.8 Å². The van der Waals surface area contributed by atoms with Gasteiger partial charge in [-0.15, -0.1) is 0 Å². The lowest BCUT2D eigenvalue weighted by molar-refractivity contribution is -0.124. The topological polar surface area (TPSA) is 84.2 Å². The van der Waals surface area contributed by atoms with Gasteiger partial charge in [-0.1, -0.05) is 36.4 Å². The highest BCUT2D eigenvalue weighted by molar-refractivity contribution is 5.90. The van der Waals surface area contributed by atoms with Crippen molar-refractivity contribution in [2.24, 2.45) is 0 Å². The van der Waals surface area contributed by atoms with E-state index in [1.54, 1.807) is 11.6 Å². The Bertz CT molecular complexity index is 1270. The molecule has 2 heterocycles. The van der Waals surface area contributed by atoms with Crippen molar-refractivity contribution >= 4 is 22.9 Å². The lowest BCUT2D eigenvalue weighted by atomic mass is 10.0. The van der Waals surface area contributed by atoms with E-state index in [4.69, 9.17) is 5.21 Å². The molecule has 0 radical (unpaired) electrons. The number of rotatable bonds is 8. The first-order valence-corrected chi connectivity index (χ1v) is 11.4. The second-order valence-corrected chi connectivity index (χ2v) is 8.60. The summed E-state index contributed by atoms with van der Waals surface area (Å²) in [4.78, 5) is 20.6. The summed E-state index contributed by atoms with van der Waals surface area (Å²) in [5.41, 5.74) is 9.04. The van der Waals surface area contributed by atoms with Gasteiger partial charge in [-0.3, -0.25) is 14.9 Å². The number of hydroxylamine groups is 1. The molecule has 5 rings (SSSR count). The van der Waals surface area contributed by atoms with E-state index >= 15 is 0 Å². The van der Waals surface area contributed by atoms with Crippen LogP contribution >= 0.6 is 0 Å². The molecule has 0 bridgehead atoms. The van der Waals surface area contributed by atoms with Gasteiger partial charge in [-0.05, 0) is 65.8 Å². The standard InChI is InChI=1S/C27H28N4O2/c32-27(30-33)12-8-19-7-10-24-20(16-19)9-11-26(24)31(18-22-4-3-14-28-22)15-13-21-17-29-25-6-2-1-5-23(21)25/h1-8,10,12,14,16-17,26,28-29,33H,9,11,13,15,18H2,(H,30,32)/t26-/m0/s1. The summed E-state index contributed by atoms with van der Waals surface area (Å²) in [6.45, 7) is 1.83. The summed E-state index contributed by atoms with van der Waals surface area (Å²) in [6.07, 6.45) is 10.3. The predicted molar refractivity (Wildman–Crippen MR) is 130 cm³/mol. The first-order chi connectivity index (χ1) is 16.2. The van der Waals surface area contributed by atoms with Crippen LogP contribution in [0.15, 0.2) is 73.1 Å². The Morgan fingerprint density at radius 1 is 1.15 bits per heavy atom. The van der Waals surface area contributed by atoms with E-state index in [1.165, 1.54) is 39.4 Å². The maximum absolute atomic E-state index is 11.3. The third-order valence-electron chi connectivity index (χ3n) is 6.57. The molecule has 4 aromatic rings. The summed E-state index contributed by atoms with van der Waals surface area (Å²) < 4.78 is 0. The smallest absolute Gasteiger partial charge is 0.267 e. The summed E-state index contributed by atoms with van der Waals surface area (Å²) in [6, 6.07) is 19.4. The molecule has 1 aliphatic carbocycles. The Labute approximate surface area is 192 Å². The maximum atomic E-state index is 11.3. The van der Waals surface area contributed by atoms with E-state index in [0.29, 0.717) is 6.04 Å². The number of nitrogens with one attached hydrogen (secondary N) is 3. The Morgan fingerprint density at radius 3 is 2.91 bits per heavy atom. The molecule has 0 spiro atoms. The zero-order valence-electron chi connectivity index (χ0n) is 18.4. The number of hydrogen-bond donors (Lipinski definition) is 4. The normalized spacial score (nSPS) is 15.5. The summed E-state index contributed by atoms with van der Waals surface area (Å²) in [7, 11) is 0. The zero-order chi connectivity index (χ0) is 22.6.